The van der Waals surface area contributed by atoms with Crippen molar-refractivity contribution in [2.45, 2.75) is 37.1 Å². The number of nitrogens with one attached hydrogen (secondary N) is 1. The van der Waals surface area contributed by atoms with Crippen molar-refractivity contribution in [1.82, 2.24) is 10.2 Å². The summed E-state index contributed by atoms with van der Waals surface area (Å²) in [6, 6.07) is 7.46. The van der Waals surface area contributed by atoms with Crippen LogP contribution >= 0.6 is 11.6 Å². The minimum Gasteiger partial charge on any atom is -0.354 e. The molecule has 0 spiro atoms. The Hall–Kier alpha value is -1.59. The Kier molecular flexibility index (Phi) is 5.11. The standard InChI is InChI=1S/C18H24ClN3O2/c19-15-3-1-14(2-4-15)18(7-8-18)17(24)21-11-16(20)13-5-9-22(12-23)10-6-13/h1-4,12-13,16H,5-11,20H2,(H,21,24). The van der Waals surface area contributed by atoms with Gasteiger partial charge >= 0.3 is 0 Å². The molecule has 1 aliphatic carbocycles. The number of carbonyl (C=O) groups excluding carboxylic acids is 2. The lowest BCUT2D eigenvalue weighted by Gasteiger charge is -2.33. The van der Waals surface area contributed by atoms with Gasteiger partial charge in [0.05, 0.1) is 5.41 Å². The summed E-state index contributed by atoms with van der Waals surface area (Å²) in [4.78, 5) is 25.2. The van der Waals surface area contributed by atoms with Crippen LogP contribution in [0.2, 0.25) is 5.02 Å². The smallest absolute Gasteiger partial charge is 0.230 e. The number of likely N-dealkylation sites (tertiary alicyclic amines) is 1. The zero-order valence-corrected chi connectivity index (χ0v) is 14.5. The van der Waals surface area contributed by atoms with E-state index in [0.717, 1.165) is 50.7 Å². The van der Waals surface area contributed by atoms with Gasteiger partial charge in [0.25, 0.3) is 0 Å². The molecule has 1 saturated carbocycles. The molecule has 3 N–H and O–H groups in total. The second-order valence-corrected chi connectivity index (χ2v) is 7.38. The largest absolute Gasteiger partial charge is 0.354 e. The third kappa shape index (κ3) is 3.57. The zero-order valence-electron chi connectivity index (χ0n) is 13.7. The molecule has 1 aliphatic heterocycles. The van der Waals surface area contributed by atoms with Crippen LogP contribution in [0.4, 0.5) is 0 Å². The third-order valence-corrected chi connectivity index (χ3v) is 5.66. The van der Waals surface area contributed by atoms with E-state index in [1.54, 1.807) is 4.90 Å². The van der Waals surface area contributed by atoms with Crippen LogP contribution in [0.25, 0.3) is 0 Å². The van der Waals surface area contributed by atoms with E-state index in [1.807, 2.05) is 24.3 Å². The Morgan fingerprint density at radius 3 is 2.50 bits per heavy atom. The average Bonchev–Trinajstić information content (AvgIpc) is 3.42. The van der Waals surface area contributed by atoms with Crippen molar-refractivity contribution in [3.05, 3.63) is 34.9 Å². The third-order valence-electron chi connectivity index (χ3n) is 5.41. The predicted molar refractivity (Wildman–Crippen MR) is 93.7 cm³/mol. The van der Waals surface area contributed by atoms with Crippen molar-refractivity contribution >= 4 is 23.9 Å². The van der Waals surface area contributed by atoms with E-state index in [9.17, 15) is 9.59 Å². The summed E-state index contributed by atoms with van der Waals surface area (Å²) in [7, 11) is 0. The van der Waals surface area contributed by atoms with Crippen LogP contribution in [-0.2, 0) is 15.0 Å². The van der Waals surface area contributed by atoms with Gasteiger partial charge in [0, 0.05) is 30.7 Å². The van der Waals surface area contributed by atoms with Gasteiger partial charge in [-0.1, -0.05) is 23.7 Å². The minimum atomic E-state index is -0.398. The van der Waals surface area contributed by atoms with Crippen molar-refractivity contribution in [2.75, 3.05) is 19.6 Å². The maximum atomic E-state index is 12.6. The summed E-state index contributed by atoms with van der Waals surface area (Å²) in [5, 5.41) is 3.72. The summed E-state index contributed by atoms with van der Waals surface area (Å²) in [6.07, 6.45) is 4.43. The molecular formula is C18H24ClN3O2. The first-order chi connectivity index (χ1) is 11.5. The summed E-state index contributed by atoms with van der Waals surface area (Å²) >= 11 is 5.93. The monoisotopic (exact) mass is 349 g/mol. The normalized spacial score (nSPS) is 21.2. The van der Waals surface area contributed by atoms with E-state index in [1.165, 1.54) is 0 Å². The summed E-state index contributed by atoms with van der Waals surface area (Å²) in [6.45, 7) is 2.00. The number of hydrogen-bond donors (Lipinski definition) is 2. The van der Waals surface area contributed by atoms with Crippen LogP contribution in [0.3, 0.4) is 0 Å². The molecular weight excluding hydrogens is 326 g/mol. The molecule has 1 saturated heterocycles. The Balaban J connectivity index is 1.52. The van der Waals surface area contributed by atoms with Gasteiger partial charge in [-0.05, 0) is 49.3 Å². The molecule has 130 valence electrons. The van der Waals surface area contributed by atoms with Crippen LogP contribution in [0.5, 0.6) is 0 Å². The molecule has 0 aromatic heterocycles. The number of hydrogen-bond acceptors (Lipinski definition) is 3. The van der Waals surface area contributed by atoms with E-state index < -0.39 is 5.41 Å². The molecule has 24 heavy (non-hydrogen) atoms. The highest BCUT2D eigenvalue weighted by Crippen LogP contribution is 2.48. The number of amides is 2. The molecule has 2 amide bonds. The highest BCUT2D eigenvalue weighted by Gasteiger charge is 2.51. The maximum Gasteiger partial charge on any atom is 0.230 e. The van der Waals surface area contributed by atoms with Crippen molar-refractivity contribution < 1.29 is 9.59 Å². The lowest BCUT2D eigenvalue weighted by Crippen LogP contribution is -2.48. The highest BCUT2D eigenvalue weighted by molar-refractivity contribution is 6.30. The molecule has 1 heterocycles. The van der Waals surface area contributed by atoms with Crippen molar-refractivity contribution in [3.63, 3.8) is 0 Å². The van der Waals surface area contributed by atoms with Crippen molar-refractivity contribution in [1.29, 1.82) is 0 Å². The number of nitrogens with two attached hydrogens (primary N) is 1. The van der Waals surface area contributed by atoms with Crippen LogP contribution in [-0.4, -0.2) is 42.9 Å². The Morgan fingerprint density at radius 1 is 1.33 bits per heavy atom. The summed E-state index contributed by atoms with van der Waals surface area (Å²) < 4.78 is 0. The molecule has 1 unspecified atom stereocenters. The molecule has 1 aromatic rings. The SMILES string of the molecule is NC(CNC(=O)C1(c2ccc(Cl)cc2)CC1)C1CCN(C=O)CC1. The Morgan fingerprint density at radius 2 is 1.96 bits per heavy atom. The predicted octanol–water partition coefficient (Wildman–Crippen LogP) is 1.68. The van der Waals surface area contributed by atoms with Gasteiger partial charge in [0.15, 0.2) is 0 Å². The summed E-state index contributed by atoms with van der Waals surface area (Å²) in [5.41, 5.74) is 6.89. The van der Waals surface area contributed by atoms with E-state index in [4.69, 9.17) is 17.3 Å². The minimum absolute atomic E-state index is 0.0607. The quantitative estimate of drug-likeness (QED) is 0.767. The van der Waals surface area contributed by atoms with Gasteiger partial charge in [0.1, 0.15) is 0 Å². The van der Waals surface area contributed by atoms with E-state index in [0.29, 0.717) is 17.5 Å². The fourth-order valence-electron chi connectivity index (χ4n) is 3.54. The molecule has 0 radical (unpaired) electrons. The first-order valence-corrected chi connectivity index (χ1v) is 8.92. The van der Waals surface area contributed by atoms with Gasteiger partial charge in [-0.3, -0.25) is 9.59 Å². The van der Waals surface area contributed by atoms with Gasteiger partial charge in [-0.25, -0.2) is 0 Å². The first-order valence-electron chi connectivity index (χ1n) is 8.54. The average molecular weight is 350 g/mol. The molecule has 1 atom stereocenters. The number of benzene rings is 1. The lowest BCUT2D eigenvalue weighted by molar-refractivity contribution is -0.123. The maximum absolute atomic E-state index is 12.6. The number of carbonyl (C=O) groups is 2. The number of rotatable bonds is 6. The number of nitrogens with zero attached hydrogens (tertiary/aromatic N) is 1. The highest BCUT2D eigenvalue weighted by atomic mass is 35.5. The topological polar surface area (TPSA) is 75.4 Å². The van der Waals surface area contributed by atoms with Gasteiger partial charge in [-0.2, -0.15) is 0 Å². The number of halogens is 1. The van der Waals surface area contributed by atoms with Crippen LogP contribution in [0.1, 0.15) is 31.2 Å². The van der Waals surface area contributed by atoms with Crippen molar-refractivity contribution in [2.24, 2.45) is 11.7 Å². The van der Waals surface area contributed by atoms with E-state index in [-0.39, 0.29) is 11.9 Å². The van der Waals surface area contributed by atoms with Crippen LogP contribution < -0.4 is 11.1 Å². The lowest BCUT2D eigenvalue weighted by atomic mass is 9.89. The van der Waals surface area contributed by atoms with Crippen LogP contribution in [0, 0.1) is 5.92 Å². The summed E-state index contributed by atoms with van der Waals surface area (Å²) in [5.74, 6) is 0.415. The van der Waals surface area contributed by atoms with Crippen molar-refractivity contribution in [3.8, 4) is 0 Å². The molecule has 2 fully saturated rings. The molecule has 5 nitrogen and oxygen atoms in total. The Labute approximate surface area is 147 Å². The van der Waals surface area contributed by atoms with E-state index >= 15 is 0 Å². The fraction of sp³-hybridized carbons (Fsp3) is 0.556. The van der Waals surface area contributed by atoms with Gasteiger partial charge in [0.2, 0.25) is 12.3 Å². The van der Waals surface area contributed by atoms with Gasteiger partial charge < -0.3 is 16.0 Å². The molecule has 0 bridgehead atoms. The van der Waals surface area contributed by atoms with Crippen LogP contribution in [0.15, 0.2) is 24.3 Å². The second-order valence-electron chi connectivity index (χ2n) is 6.94. The Bertz CT molecular complexity index is 593. The van der Waals surface area contributed by atoms with Gasteiger partial charge in [-0.15, -0.1) is 0 Å². The van der Waals surface area contributed by atoms with E-state index in [2.05, 4.69) is 5.32 Å². The number of piperidine rings is 1. The molecule has 2 aliphatic rings. The molecule has 1 aromatic carbocycles. The zero-order chi connectivity index (χ0) is 17.2. The fourth-order valence-corrected chi connectivity index (χ4v) is 3.67. The first kappa shape index (κ1) is 17.2. The second kappa shape index (κ2) is 7.11. The molecule has 3 rings (SSSR count). The molecule has 6 heteroatoms.